The highest BCUT2D eigenvalue weighted by molar-refractivity contribution is 6.11. The molecule has 4 heterocycles. The van der Waals surface area contributed by atoms with Crippen molar-refractivity contribution in [1.29, 1.82) is 0 Å². The van der Waals surface area contributed by atoms with Crippen LogP contribution < -0.4 is 10.6 Å². The van der Waals surface area contributed by atoms with Crippen LogP contribution in [0.15, 0.2) is 71.6 Å². The Hall–Kier alpha value is -4.87. The molecule has 0 saturated carbocycles. The largest absolute Gasteiger partial charge is 0.467 e. The number of aryl methyl sites for hydroxylation is 1. The molecule has 0 fully saturated rings. The van der Waals surface area contributed by atoms with Crippen LogP contribution >= 0.6 is 0 Å². The number of amides is 2. The minimum atomic E-state index is -2.85. The van der Waals surface area contributed by atoms with Gasteiger partial charge in [-0.05, 0) is 18.2 Å². The molecule has 2 amide bonds. The number of halogens is 2. The number of hydrogen-bond donors (Lipinski definition) is 2. The van der Waals surface area contributed by atoms with Crippen molar-refractivity contribution in [3.63, 3.8) is 0 Å². The summed E-state index contributed by atoms with van der Waals surface area (Å²) in [6.45, 7) is 0.140. The molecule has 0 spiro atoms. The van der Waals surface area contributed by atoms with Crippen LogP contribution in [0.25, 0.3) is 16.9 Å². The maximum Gasteiger partial charge on any atom is 0.280 e. The molecule has 0 radical (unpaired) electrons. The van der Waals surface area contributed by atoms with Gasteiger partial charge in [0.25, 0.3) is 18.2 Å². The van der Waals surface area contributed by atoms with Crippen LogP contribution in [0.3, 0.4) is 0 Å². The molecular weight excluding hydrogens is 472 g/mol. The first kappa shape index (κ1) is 22.9. The molecule has 0 aliphatic heterocycles. The molecule has 5 rings (SSSR count). The Morgan fingerprint density at radius 2 is 1.86 bits per heavy atom. The Balaban J connectivity index is 1.46. The molecule has 182 valence electrons. The van der Waals surface area contributed by atoms with Gasteiger partial charge in [-0.2, -0.15) is 10.2 Å². The summed E-state index contributed by atoms with van der Waals surface area (Å²) >= 11 is 0. The van der Waals surface area contributed by atoms with E-state index in [1.165, 1.54) is 23.2 Å². The normalized spacial score (nSPS) is 11.2. The van der Waals surface area contributed by atoms with Gasteiger partial charge < -0.3 is 15.1 Å². The minimum Gasteiger partial charge on any atom is -0.467 e. The average Bonchev–Trinajstić information content (AvgIpc) is 3.62. The minimum absolute atomic E-state index is 0.0412. The Morgan fingerprint density at radius 3 is 2.58 bits per heavy atom. The van der Waals surface area contributed by atoms with E-state index in [0.717, 1.165) is 10.7 Å². The average molecular weight is 491 g/mol. The third-order valence-electron chi connectivity index (χ3n) is 5.44. The van der Waals surface area contributed by atoms with Crippen LogP contribution in [0.5, 0.6) is 0 Å². The van der Waals surface area contributed by atoms with E-state index < -0.39 is 23.9 Å². The number of hydrogen-bond acceptors (Lipinski definition) is 6. The summed E-state index contributed by atoms with van der Waals surface area (Å²) in [4.78, 5) is 30.4. The monoisotopic (exact) mass is 491 g/mol. The summed E-state index contributed by atoms with van der Waals surface area (Å²) in [6.07, 6.45) is 1.12. The first-order valence-electron chi connectivity index (χ1n) is 10.8. The third-order valence-corrected chi connectivity index (χ3v) is 5.44. The van der Waals surface area contributed by atoms with Crippen LogP contribution in [-0.4, -0.2) is 36.2 Å². The van der Waals surface area contributed by atoms with Gasteiger partial charge in [0.1, 0.15) is 22.7 Å². The molecular formula is C24H19F2N7O3. The van der Waals surface area contributed by atoms with E-state index in [4.69, 9.17) is 4.42 Å². The molecule has 36 heavy (non-hydrogen) atoms. The number of furan rings is 1. The second-order valence-electron chi connectivity index (χ2n) is 7.77. The van der Waals surface area contributed by atoms with Gasteiger partial charge in [-0.25, -0.2) is 18.3 Å². The Morgan fingerprint density at radius 1 is 1.06 bits per heavy atom. The molecule has 12 heteroatoms. The number of aromatic nitrogens is 5. The number of nitrogens with zero attached hydrogens (tertiary/aromatic N) is 5. The molecule has 1 aromatic carbocycles. The quantitative estimate of drug-likeness (QED) is 0.357. The lowest BCUT2D eigenvalue weighted by Crippen LogP contribution is -2.26. The van der Waals surface area contributed by atoms with Crippen LogP contribution in [0.4, 0.5) is 14.5 Å². The smallest absolute Gasteiger partial charge is 0.280 e. The first-order valence-corrected chi connectivity index (χ1v) is 10.8. The fourth-order valence-corrected chi connectivity index (χ4v) is 3.71. The molecule has 10 nitrogen and oxygen atoms in total. The number of rotatable bonds is 7. The molecule has 0 unspecified atom stereocenters. The second-order valence-corrected chi connectivity index (χ2v) is 7.77. The van der Waals surface area contributed by atoms with Crippen molar-refractivity contribution in [2.75, 3.05) is 5.32 Å². The predicted octanol–water partition coefficient (Wildman–Crippen LogP) is 3.84. The third kappa shape index (κ3) is 4.31. The highest BCUT2D eigenvalue weighted by atomic mass is 19.3. The molecule has 4 aromatic heterocycles. The lowest BCUT2D eigenvalue weighted by atomic mass is 10.1. The van der Waals surface area contributed by atoms with Gasteiger partial charge in [-0.3, -0.25) is 14.3 Å². The maximum atomic E-state index is 13.8. The van der Waals surface area contributed by atoms with Gasteiger partial charge >= 0.3 is 0 Å². The van der Waals surface area contributed by atoms with Gasteiger partial charge in [-0.15, -0.1) is 0 Å². The van der Waals surface area contributed by atoms with Crippen molar-refractivity contribution >= 4 is 23.1 Å². The molecule has 0 aliphatic rings. The van der Waals surface area contributed by atoms with E-state index in [9.17, 15) is 18.4 Å². The molecule has 0 atom stereocenters. The molecule has 2 N–H and O–H groups in total. The fourth-order valence-electron chi connectivity index (χ4n) is 3.71. The number of alkyl halides is 2. The zero-order valence-electron chi connectivity index (χ0n) is 18.9. The molecule has 0 saturated heterocycles. The SMILES string of the molecule is Cn1ncc(NC(=O)c2cnn3c(C(F)F)cc(-c4ccccc4)nc23)c1C(=O)NCc1ccco1. The first-order chi connectivity index (χ1) is 17.4. The van der Waals surface area contributed by atoms with Crippen molar-refractivity contribution in [3.05, 3.63) is 89.9 Å². The van der Waals surface area contributed by atoms with Crippen LogP contribution in [0.1, 0.15) is 38.7 Å². The predicted molar refractivity (Wildman–Crippen MR) is 124 cm³/mol. The molecule has 0 bridgehead atoms. The summed E-state index contributed by atoms with van der Waals surface area (Å²) in [7, 11) is 1.55. The highest BCUT2D eigenvalue weighted by Crippen LogP contribution is 2.27. The molecule has 5 aromatic rings. The number of anilines is 1. The lowest BCUT2D eigenvalue weighted by Gasteiger charge is -2.09. The number of fused-ring (bicyclic) bond motifs is 1. The highest BCUT2D eigenvalue weighted by Gasteiger charge is 2.24. The fraction of sp³-hybridized carbons (Fsp3) is 0.125. The van der Waals surface area contributed by atoms with Crippen molar-refractivity contribution in [3.8, 4) is 11.3 Å². The van der Waals surface area contributed by atoms with E-state index in [1.54, 1.807) is 49.5 Å². The van der Waals surface area contributed by atoms with E-state index in [1.807, 2.05) is 0 Å². The van der Waals surface area contributed by atoms with Crippen LogP contribution in [0.2, 0.25) is 0 Å². The van der Waals surface area contributed by atoms with Gasteiger partial charge in [0.05, 0.1) is 36.6 Å². The zero-order chi connectivity index (χ0) is 25.2. The number of carbonyl (C=O) groups excluding carboxylic acids is 2. The van der Waals surface area contributed by atoms with Gasteiger partial charge in [-0.1, -0.05) is 30.3 Å². The zero-order valence-corrected chi connectivity index (χ0v) is 18.9. The summed E-state index contributed by atoms with van der Waals surface area (Å²) in [5.74, 6) is -0.625. The van der Waals surface area contributed by atoms with Gasteiger partial charge in [0.2, 0.25) is 0 Å². The van der Waals surface area contributed by atoms with E-state index >= 15 is 0 Å². The van der Waals surface area contributed by atoms with E-state index in [0.29, 0.717) is 11.3 Å². The van der Waals surface area contributed by atoms with Crippen LogP contribution in [-0.2, 0) is 13.6 Å². The number of benzene rings is 1. The maximum absolute atomic E-state index is 13.8. The van der Waals surface area contributed by atoms with Crippen molar-refractivity contribution < 1.29 is 22.8 Å². The number of carbonyl (C=O) groups is 2. The summed E-state index contributed by atoms with van der Waals surface area (Å²) in [5, 5.41) is 13.3. The summed E-state index contributed by atoms with van der Waals surface area (Å²) in [6, 6.07) is 13.4. The topological polar surface area (TPSA) is 119 Å². The Labute approximate surface area is 202 Å². The van der Waals surface area contributed by atoms with Gasteiger partial charge in [0.15, 0.2) is 5.65 Å². The summed E-state index contributed by atoms with van der Waals surface area (Å²) < 4.78 is 35.1. The van der Waals surface area contributed by atoms with Crippen molar-refractivity contribution in [2.45, 2.75) is 13.0 Å². The van der Waals surface area contributed by atoms with Crippen LogP contribution in [0, 0.1) is 0 Å². The van der Waals surface area contributed by atoms with Gasteiger partial charge in [0, 0.05) is 12.6 Å². The van der Waals surface area contributed by atoms with Crippen molar-refractivity contribution in [1.82, 2.24) is 29.7 Å². The number of nitrogens with one attached hydrogen (secondary N) is 2. The Bertz CT molecular complexity index is 1540. The van der Waals surface area contributed by atoms with E-state index in [-0.39, 0.29) is 34.8 Å². The second kappa shape index (κ2) is 9.41. The summed E-state index contributed by atoms with van der Waals surface area (Å²) in [5.41, 5.74) is 0.615. The lowest BCUT2D eigenvalue weighted by molar-refractivity contribution is 0.0939. The standard InChI is InChI=1S/C24H19F2N7O3/c1-32-20(24(35)27-11-15-8-5-9-36-15)18(13-28-32)31-23(34)16-12-29-33-19(21(25)26)10-17(30-22(16)33)14-6-3-2-4-7-14/h2-10,12-13,21H,11H2,1H3,(H,27,35)(H,31,34). The molecule has 0 aliphatic carbocycles. The Kier molecular flexibility index (Phi) is 5.98. The van der Waals surface area contributed by atoms with E-state index in [2.05, 4.69) is 25.8 Å². The van der Waals surface area contributed by atoms with Crippen molar-refractivity contribution in [2.24, 2.45) is 7.05 Å².